The van der Waals surface area contributed by atoms with Gasteiger partial charge in [-0.25, -0.2) is 9.79 Å². The van der Waals surface area contributed by atoms with Crippen LogP contribution < -0.4 is 5.32 Å². The number of amidine groups is 1. The van der Waals surface area contributed by atoms with E-state index < -0.39 is 17.2 Å². The lowest BCUT2D eigenvalue weighted by atomic mass is 9.92. The zero-order valence-electron chi connectivity index (χ0n) is 14.3. The van der Waals surface area contributed by atoms with Crippen LogP contribution in [-0.4, -0.2) is 21.8 Å². The van der Waals surface area contributed by atoms with Gasteiger partial charge in [-0.2, -0.15) is 0 Å². The highest BCUT2D eigenvalue weighted by Gasteiger charge is 2.34. The predicted octanol–water partition coefficient (Wildman–Crippen LogP) is 4.14. The first kappa shape index (κ1) is 17.5. The minimum Gasteiger partial charge on any atom is -0.444 e. The molecule has 1 aromatic rings. The number of nitrogens with zero attached hydrogens (tertiary/aromatic N) is 2. The van der Waals surface area contributed by atoms with Gasteiger partial charge >= 0.3 is 6.09 Å². The molecule has 124 valence electrons. The summed E-state index contributed by atoms with van der Waals surface area (Å²) in [5.41, 5.74) is 0.889. The second-order valence-corrected chi connectivity index (χ2v) is 8.02. The molecule has 0 spiro atoms. The molecule has 1 aliphatic heterocycles. The van der Waals surface area contributed by atoms with Gasteiger partial charge in [0.15, 0.2) is 5.17 Å². The minimum atomic E-state index is -0.553. The maximum Gasteiger partial charge on any atom is 0.413 e. The molecule has 5 nitrogen and oxygen atoms in total. The minimum absolute atomic E-state index is 0.487. The van der Waals surface area contributed by atoms with Crippen LogP contribution in [0.1, 0.15) is 45.4 Å². The zero-order valence-corrected chi connectivity index (χ0v) is 15.1. The van der Waals surface area contributed by atoms with E-state index in [1.807, 2.05) is 46.8 Å². The topological polar surface area (TPSA) is 63.6 Å². The van der Waals surface area contributed by atoms with Crippen LogP contribution in [0.3, 0.4) is 0 Å². The van der Waals surface area contributed by atoms with Crippen molar-refractivity contribution in [2.75, 3.05) is 0 Å². The molecule has 0 bridgehead atoms. The average Bonchev–Trinajstić information content (AvgIpc) is 2.34. The number of carbonyl (C=O) groups is 1. The molecule has 0 radical (unpaired) electrons. The number of hydrogen-bond acceptors (Lipinski definition) is 5. The van der Waals surface area contributed by atoms with E-state index in [-0.39, 0.29) is 0 Å². The number of amides is 1. The number of carbonyl (C=O) groups excluding carboxylic acids is 1. The van der Waals surface area contributed by atoms with E-state index in [1.54, 1.807) is 6.20 Å². The quantitative estimate of drug-likeness (QED) is 0.839. The number of aryl methyl sites for hydroxylation is 1. The Morgan fingerprint density at radius 2 is 2.17 bits per heavy atom. The van der Waals surface area contributed by atoms with Gasteiger partial charge in [0, 0.05) is 12.6 Å². The van der Waals surface area contributed by atoms with Crippen molar-refractivity contribution in [3.63, 3.8) is 0 Å². The summed E-state index contributed by atoms with van der Waals surface area (Å²) in [6, 6.07) is 3.96. The third-order valence-electron chi connectivity index (χ3n) is 3.21. The standard InChI is InChI=1S/C17H23N3O2S/c1-11-7-8-18-13(9-11)17(6)10-12(2)23-14(20-17)19-15(21)22-16(3,4)5/h7-9H,2,10H2,1,3-6H3,(H,19,20,21)/t17-/m0/s1. The van der Waals surface area contributed by atoms with Crippen LogP contribution in [0.2, 0.25) is 0 Å². The largest absolute Gasteiger partial charge is 0.444 e. The molecule has 1 aliphatic rings. The van der Waals surface area contributed by atoms with Crippen molar-refractivity contribution in [1.29, 1.82) is 0 Å². The Balaban J connectivity index is 2.25. The summed E-state index contributed by atoms with van der Waals surface area (Å²) in [7, 11) is 0. The molecule has 0 fully saturated rings. The van der Waals surface area contributed by atoms with Crippen molar-refractivity contribution < 1.29 is 9.53 Å². The lowest BCUT2D eigenvalue weighted by molar-refractivity contribution is 0.0564. The Labute approximate surface area is 141 Å². The first-order chi connectivity index (χ1) is 10.6. The Morgan fingerprint density at radius 3 is 2.78 bits per heavy atom. The molecular weight excluding hydrogens is 310 g/mol. The normalized spacial score (nSPS) is 21.6. The molecule has 1 aromatic heterocycles. The number of aliphatic imine (C=N–C) groups is 1. The van der Waals surface area contributed by atoms with Crippen LogP contribution in [0.5, 0.6) is 0 Å². The van der Waals surface area contributed by atoms with Gasteiger partial charge in [-0.05, 0) is 57.2 Å². The summed E-state index contributed by atoms with van der Waals surface area (Å²) in [6.45, 7) is 13.5. The second kappa shape index (κ2) is 6.35. The van der Waals surface area contributed by atoms with Crippen molar-refractivity contribution in [3.05, 3.63) is 41.1 Å². The Morgan fingerprint density at radius 1 is 1.48 bits per heavy atom. The molecule has 0 unspecified atom stereocenters. The predicted molar refractivity (Wildman–Crippen MR) is 94.5 cm³/mol. The van der Waals surface area contributed by atoms with Crippen molar-refractivity contribution >= 4 is 23.0 Å². The third kappa shape index (κ3) is 4.82. The summed E-state index contributed by atoms with van der Waals surface area (Å²) in [6.07, 6.45) is 1.93. The van der Waals surface area contributed by atoms with Gasteiger partial charge < -0.3 is 4.74 Å². The van der Waals surface area contributed by atoms with Crippen LogP contribution in [0.15, 0.2) is 34.8 Å². The number of rotatable bonds is 1. The van der Waals surface area contributed by atoms with Crippen LogP contribution in [0, 0.1) is 6.92 Å². The Hall–Kier alpha value is -1.82. The van der Waals surface area contributed by atoms with Crippen LogP contribution >= 0.6 is 11.8 Å². The van der Waals surface area contributed by atoms with Gasteiger partial charge in [0.05, 0.1) is 5.69 Å². The maximum absolute atomic E-state index is 12.0. The van der Waals surface area contributed by atoms with Gasteiger partial charge in [-0.3, -0.25) is 10.3 Å². The summed E-state index contributed by atoms with van der Waals surface area (Å²) in [5, 5.41) is 3.20. The van der Waals surface area contributed by atoms with Gasteiger partial charge in [0.2, 0.25) is 0 Å². The molecular formula is C17H23N3O2S. The highest BCUT2D eigenvalue weighted by molar-refractivity contribution is 8.17. The molecule has 1 N–H and O–H groups in total. The second-order valence-electron chi connectivity index (χ2n) is 6.85. The fraction of sp³-hybridized carbons (Fsp3) is 0.471. The number of alkyl carbamates (subject to hydrolysis) is 1. The van der Waals surface area contributed by atoms with E-state index in [1.165, 1.54) is 11.8 Å². The molecule has 0 aromatic carbocycles. The molecule has 0 aliphatic carbocycles. The first-order valence-corrected chi connectivity index (χ1v) is 8.28. The van der Waals surface area contributed by atoms with Gasteiger partial charge in [0.25, 0.3) is 0 Å². The molecule has 23 heavy (non-hydrogen) atoms. The highest BCUT2D eigenvalue weighted by atomic mass is 32.2. The smallest absolute Gasteiger partial charge is 0.413 e. The van der Waals surface area contributed by atoms with E-state index in [0.717, 1.165) is 16.2 Å². The number of aromatic nitrogens is 1. The summed E-state index contributed by atoms with van der Waals surface area (Å²) >= 11 is 1.36. The van der Waals surface area contributed by atoms with E-state index >= 15 is 0 Å². The van der Waals surface area contributed by atoms with Crippen molar-refractivity contribution in [2.24, 2.45) is 4.99 Å². The van der Waals surface area contributed by atoms with E-state index in [9.17, 15) is 4.79 Å². The zero-order chi connectivity index (χ0) is 17.3. The van der Waals surface area contributed by atoms with Crippen LogP contribution in [0.4, 0.5) is 4.79 Å². The fourth-order valence-electron chi connectivity index (χ4n) is 2.27. The lowest BCUT2D eigenvalue weighted by Gasteiger charge is -2.31. The van der Waals surface area contributed by atoms with E-state index in [4.69, 9.17) is 4.74 Å². The number of thioether (sulfide) groups is 1. The monoisotopic (exact) mass is 333 g/mol. The molecule has 2 heterocycles. The van der Waals surface area contributed by atoms with Crippen molar-refractivity contribution in [1.82, 2.24) is 10.3 Å². The van der Waals surface area contributed by atoms with Crippen molar-refractivity contribution in [2.45, 2.75) is 52.2 Å². The van der Waals surface area contributed by atoms with Crippen molar-refractivity contribution in [3.8, 4) is 0 Å². The molecule has 1 amide bonds. The SMILES string of the molecule is C=C1C[C@@](C)(c2cc(C)ccn2)N=C(NC(=O)OC(C)(C)C)S1. The highest BCUT2D eigenvalue weighted by Crippen LogP contribution is 2.40. The Kier molecular flexibility index (Phi) is 4.84. The third-order valence-corrected chi connectivity index (χ3v) is 4.03. The number of ether oxygens (including phenoxy) is 1. The van der Waals surface area contributed by atoms with Crippen LogP contribution in [-0.2, 0) is 10.3 Å². The maximum atomic E-state index is 12.0. The van der Waals surface area contributed by atoms with Crippen LogP contribution in [0.25, 0.3) is 0 Å². The van der Waals surface area contributed by atoms with Gasteiger partial charge in [-0.15, -0.1) is 0 Å². The molecule has 6 heteroatoms. The number of nitrogens with one attached hydrogen (secondary N) is 1. The summed E-state index contributed by atoms with van der Waals surface area (Å²) in [4.78, 5) is 22.0. The number of hydrogen-bond donors (Lipinski definition) is 1. The average molecular weight is 333 g/mol. The summed E-state index contributed by atoms with van der Waals surface area (Å²) in [5.74, 6) is 0. The first-order valence-electron chi connectivity index (χ1n) is 7.46. The molecule has 2 rings (SSSR count). The Bertz CT molecular complexity index is 664. The molecule has 1 atom stereocenters. The van der Waals surface area contributed by atoms with Gasteiger partial charge in [0.1, 0.15) is 11.1 Å². The van der Waals surface area contributed by atoms with E-state index in [2.05, 4.69) is 21.9 Å². The van der Waals surface area contributed by atoms with E-state index in [0.29, 0.717) is 11.6 Å². The fourth-order valence-corrected chi connectivity index (χ4v) is 3.27. The molecule has 0 saturated carbocycles. The summed E-state index contributed by atoms with van der Waals surface area (Å²) < 4.78 is 5.28. The van der Waals surface area contributed by atoms with Gasteiger partial charge in [-0.1, -0.05) is 18.3 Å². The number of pyridine rings is 1. The lowest BCUT2D eigenvalue weighted by Crippen LogP contribution is -2.38. The molecule has 0 saturated heterocycles.